The lowest BCUT2D eigenvalue weighted by molar-refractivity contribution is 0.295. The molecule has 1 aromatic carbocycles. The minimum Gasteiger partial charge on any atom is -0.490 e. The average molecular weight is 383 g/mol. The number of ether oxygens (including phenoxy) is 2. The highest BCUT2D eigenvalue weighted by molar-refractivity contribution is 7.98. The first-order valence-electron chi connectivity index (χ1n) is 8.32. The molecule has 1 N–H and O–H groups in total. The van der Waals surface area contributed by atoms with Gasteiger partial charge in [0.05, 0.1) is 12.3 Å². The predicted octanol–water partition coefficient (Wildman–Crippen LogP) is 3.72. The minimum atomic E-state index is -0.470. The second-order valence-electron chi connectivity index (χ2n) is 5.40. The lowest BCUT2D eigenvalue weighted by Crippen LogP contribution is -2.14. The molecule has 1 aromatic heterocycles. The summed E-state index contributed by atoms with van der Waals surface area (Å²) >= 11 is 1.29. The van der Waals surface area contributed by atoms with E-state index in [-0.39, 0.29) is 5.56 Å². The number of allylic oxidation sites excluding steroid dienone is 1. The molecule has 27 heavy (non-hydrogen) atoms. The summed E-state index contributed by atoms with van der Waals surface area (Å²) in [7, 11) is 0. The fraction of sp³-hybridized carbons (Fsp3) is 0.250. The van der Waals surface area contributed by atoms with Crippen LogP contribution in [0.15, 0.2) is 47.4 Å². The van der Waals surface area contributed by atoms with Crippen molar-refractivity contribution in [1.82, 2.24) is 9.97 Å². The fourth-order valence-electron chi connectivity index (χ4n) is 2.53. The van der Waals surface area contributed by atoms with Crippen molar-refractivity contribution in [3.63, 3.8) is 0 Å². The zero-order valence-corrected chi connectivity index (χ0v) is 16.2. The van der Waals surface area contributed by atoms with Crippen LogP contribution in [0.3, 0.4) is 0 Å². The van der Waals surface area contributed by atoms with E-state index in [1.807, 2.05) is 19.1 Å². The van der Waals surface area contributed by atoms with E-state index in [4.69, 9.17) is 9.47 Å². The van der Waals surface area contributed by atoms with Crippen molar-refractivity contribution in [3.05, 3.63) is 58.9 Å². The van der Waals surface area contributed by atoms with Crippen LogP contribution in [-0.4, -0.2) is 29.4 Å². The highest BCUT2D eigenvalue weighted by Crippen LogP contribution is 2.37. The number of aromatic nitrogens is 2. The van der Waals surface area contributed by atoms with E-state index < -0.39 is 5.56 Å². The summed E-state index contributed by atoms with van der Waals surface area (Å²) in [5, 5.41) is 9.87. The smallest absolute Gasteiger partial charge is 0.270 e. The summed E-state index contributed by atoms with van der Waals surface area (Å²) in [5.74, 6) is 1.11. The SMILES string of the molecule is C=CCOc1c(CC=C)cc(-c2nc(SC)[nH]c(=O)c2C#N)cc1OCC. The van der Waals surface area contributed by atoms with Gasteiger partial charge in [0, 0.05) is 11.1 Å². The Labute approximate surface area is 162 Å². The summed E-state index contributed by atoms with van der Waals surface area (Å²) in [6, 6.07) is 5.52. The lowest BCUT2D eigenvalue weighted by Gasteiger charge is -2.17. The van der Waals surface area contributed by atoms with Crippen molar-refractivity contribution < 1.29 is 9.47 Å². The Morgan fingerprint density at radius 1 is 1.33 bits per heavy atom. The lowest BCUT2D eigenvalue weighted by atomic mass is 10.0. The molecule has 2 rings (SSSR count). The number of nitriles is 1. The number of hydrogen-bond donors (Lipinski definition) is 1. The molecule has 0 atom stereocenters. The first-order chi connectivity index (χ1) is 13.1. The monoisotopic (exact) mass is 383 g/mol. The molecule has 0 aliphatic carbocycles. The average Bonchev–Trinajstić information content (AvgIpc) is 2.67. The Balaban J connectivity index is 2.76. The molecule has 0 bridgehead atoms. The fourth-order valence-corrected chi connectivity index (χ4v) is 2.91. The number of nitrogens with zero attached hydrogens (tertiary/aromatic N) is 2. The maximum atomic E-state index is 12.2. The zero-order valence-electron chi connectivity index (χ0n) is 15.4. The van der Waals surface area contributed by atoms with Gasteiger partial charge in [-0.25, -0.2) is 4.98 Å². The number of benzene rings is 1. The molecular formula is C20H21N3O3S. The van der Waals surface area contributed by atoms with Crippen molar-refractivity contribution in [2.45, 2.75) is 18.5 Å². The molecule has 1 heterocycles. The summed E-state index contributed by atoms with van der Waals surface area (Å²) in [6.45, 7) is 10.1. The highest BCUT2D eigenvalue weighted by atomic mass is 32.2. The van der Waals surface area contributed by atoms with Crippen LogP contribution < -0.4 is 15.0 Å². The Hall–Kier alpha value is -2.98. The molecule has 0 saturated carbocycles. The van der Waals surface area contributed by atoms with Crippen molar-refractivity contribution in [2.24, 2.45) is 0 Å². The van der Waals surface area contributed by atoms with Crippen LogP contribution in [0.5, 0.6) is 11.5 Å². The van der Waals surface area contributed by atoms with Crippen molar-refractivity contribution in [2.75, 3.05) is 19.5 Å². The van der Waals surface area contributed by atoms with Gasteiger partial charge in [0.25, 0.3) is 5.56 Å². The van der Waals surface area contributed by atoms with Crippen LogP contribution in [0.4, 0.5) is 0 Å². The standard InChI is InChI=1S/C20H21N3O3S/c1-5-8-13-10-14(11-16(25-7-3)18(13)26-9-6-2)17-15(12-21)19(24)23-20(22-17)27-4/h5-6,10-11H,1-2,7-9H2,3-4H3,(H,22,23,24). The number of rotatable bonds is 9. The van der Waals surface area contributed by atoms with Gasteiger partial charge in [-0.15, -0.1) is 6.58 Å². The summed E-state index contributed by atoms with van der Waals surface area (Å²) < 4.78 is 11.5. The van der Waals surface area contributed by atoms with Gasteiger partial charge in [0.2, 0.25) is 0 Å². The predicted molar refractivity (Wildman–Crippen MR) is 108 cm³/mol. The molecule has 6 nitrogen and oxygen atoms in total. The molecule has 0 unspecified atom stereocenters. The van der Waals surface area contributed by atoms with Gasteiger partial charge in [-0.3, -0.25) is 4.79 Å². The molecule has 0 aliphatic rings. The van der Waals surface area contributed by atoms with E-state index in [0.717, 1.165) is 5.56 Å². The number of nitrogens with one attached hydrogen (secondary N) is 1. The van der Waals surface area contributed by atoms with Crippen molar-refractivity contribution in [1.29, 1.82) is 5.26 Å². The van der Waals surface area contributed by atoms with Crippen LogP contribution in [-0.2, 0) is 6.42 Å². The zero-order chi connectivity index (χ0) is 19.8. The van der Waals surface area contributed by atoms with E-state index in [1.54, 1.807) is 24.5 Å². The maximum absolute atomic E-state index is 12.2. The van der Waals surface area contributed by atoms with E-state index in [0.29, 0.717) is 47.5 Å². The normalized spacial score (nSPS) is 10.1. The number of H-pyrrole nitrogens is 1. The van der Waals surface area contributed by atoms with Gasteiger partial charge in [-0.2, -0.15) is 5.26 Å². The molecule has 140 valence electrons. The maximum Gasteiger partial charge on any atom is 0.270 e. The Morgan fingerprint density at radius 3 is 2.70 bits per heavy atom. The van der Waals surface area contributed by atoms with Crippen LogP contribution in [0, 0.1) is 11.3 Å². The van der Waals surface area contributed by atoms with E-state index >= 15 is 0 Å². The van der Waals surface area contributed by atoms with Crippen LogP contribution >= 0.6 is 11.8 Å². The summed E-state index contributed by atoms with van der Waals surface area (Å²) in [5.41, 5.74) is 1.23. The van der Waals surface area contributed by atoms with Crippen LogP contribution in [0.25, 0.3) is 11.3 Å². The second kappa shape index (κ2) is 9.64. The van der Waals surface area contributed by atoms with Gasteiger partial charge in [0.1, 0.15) is 18.2 Å². The van der Waals surface area contributed by atoms with Gasteiger partial charge in [-0.1, -0.05) is 30.5 Å². The van der Waals surface area contributed by atoms with E-state index in [1.165, 1.54) is 11.8 Å². The number of hydrogen-bond acceptors (Lipinski definition) is 6. The Bertz CT molecular complexity index is 945. The van der Waals surface area contributed by atoms with Gasteiger partial charge < -0.3 is 14.5 Å². The molecule has 0 spiro atoms. The third kappa shape index (κ3) is 4.60. The highest BCUT2D eigenvalue weighted by Gasteiger charge is 2.19. The first kappa shape index (κ1) is 20.3. The second-order valence-corrected chi connectivity index (χ2v) is 6.19. The van der Waals surface area contributed by atoms with Crippen molar-refractivity contribution in [3.8, 4) is 28.8 Å². The van der Waals surface area contributed by atoms with E-state index in [2.05, 4.69) is 23.1 Å². The largest absolute Gasteiger partial charge is 0.490 e. The van der Waals surface area contributed by atoms with Gasteiger partial charge in [0.15, 0.2) is 16.7 Å². The molecule has 2 aromatic rings. The quantitative estimate of drug-likeness (QED) is 0.403. The number of aromatic amines is 1. The van der Waals surface area contributed by atoms with Gasteiger partial charge in [-0.05, 0) is 31.7 Å². The third-order valence-corrected chi connectivity index (χ3v) is 4.20. The molecule has 0 aliphatic heterocycles. The molecule has 0 amide bonds. The van der Waals surface area contributed by atoms with Gasteiger partial charge >= 0.3 is 0 Å². The summed E-state index contributed by atoms with van der Waals surface area (Å²) in [6.07, 6.45) is 5.73. The van der Waals surface area contributed by atoms with Crippen molar-refractivity contribution >= 4 is 11.8 Å². The third-order valence-electron chi connectivity index (χ3n) is 3.62. The molecule has 0 radical (unpaired) electrons. The number of thioether (sulfide) groups is 1. The summed E-state index contributed by atoms with van der Waals surface area (Å²) in [4.78, 5) is 19.3. The van der Waals surface area contributed by atoms with Crippen LogP contribution in [0.1, 0.15) is 18.1 Å². The topological polar surface area (TPSA) is 88.0 Å². The molecule has 7 heteroatoms. The minimum absolute atomic E-state index is 0.0421. The molecule has 0 fully saturated rings. The first-order valence-corrected chi connectivity index (χ1v) is 9.55. The molecular weight excluding hydrogens is 362 g/mol. The van der Waals surface area contributed by atoms with E-state index in [9.17, 15) is 10.1 Å². The van der Waals surface area contributed by atoms with Crippen LogP contribution in [0.2, 0.25) is 0 Å². The molecule has 0 saturated heterocycles. The Kier molecular flexibility index (Phi) is 7.26. The Morgan fingerprint density at radius 2 is 2.11 bits per heavy atom.